The lowest BCUT2D eigenvalue weighted by Gasteiger charge is -2.73. The Morgan fingerprint density at radius 1 is 0.853 bits per heavy atom. The molecular weight excluding hydrogens is 436 g/mol. The van der Waals surface area contributed by atoms with Gasteiger partial charge in [-0.25, -0.2) is 0 Å². The number of esters is 2. The van der Waals surface area contributed by atoms with Crippen LogP contribution in [-0.2, 0) is 19.1 Å². The molecule has 190 valence electrons. The quantitative estimate of drug-likeness (QED) is 0.523. The van der Waals surface area contributed by atoms with Crippen LogP contribution in [0.2, 0.25) is 0 Å². The van der Waals surface area contributed by atoms with E-state index in [1.165, 1.54) is 0 Å². The molecule has 0 spiro atoms. The molecule has 11 unspecified atom stereocenters. The van der Waals surface area contributed by atoms with Crippen LogP contribution in [0.25, 0.3) is 0 Å². The predicted molar refractivity (Wildman–Crippen MR) is 121 cm³/mol. The van der Waals surface area contributed by atoms with Gasteiger partial charge in [0, 0.05) is 31.1 Å². The minimum Gasteiger partial charge on any atom is -0.458 e. The Morgan fingerprint density at radius 3 is 2.12 bits per heavy atom. The van der Waals surface area contributed by atoms with Crippen LogP contribution in [0.5, 0.6) is 0 Å². The first kappa shape index (κ1) is 23.2. The van der Waals surface area contributed by atoms with Crippen LogP contribution < -0.4 is 0 Å². The van der Waals surface area contributed by atoms with E-state index < -0.39 is 51.3 Å². The first-order valence-electron chi connectivity index (χ1n) is 13.2. The topological polar surface area (TPSA) is 113 Å². The zero-order chi connectivity index (χ0) is 24.7. The molecule has 0 amide bonds. The van der Waals surface area contributed by atoms with Crippen LogP contribution >= 0.6 is 0 Å². The van der Waals surface area contributed by atoms with Crippen molar-refractivity contribution in [2.75, 3.05) is 0 Å². The van der Waals surface area contributed by atoms with E-state index in [0.29, 0.717) is 55.8 Å². The number of carbonyl (C=O) groups excluding carboxylic acids is 2. The van der Waals surface area contributed by atoms with Gasteiger partial charge in [-0.3, -0.25) is 9.59 Å². The highest BCUT2D eigenvalue weighted by atomic mass is 16.6. The van der Waals surface area contributed by atoms with Crippen molar-refractivity contribution in [2.24, 2.45) is 40.9 Å². The van der Waals surface area contributed by atoms with Gasteiger partial charge in [-0.15, -0.1) is 0 Å². The third kappa shape index (κ3) is 2.92. The van der Waals surface area contributed by atoms with Crippen molar-refractivity contribution in [3.8, 4) is 0 Å². The smallest absolute Gasteiger partial charge is 0.312 e. The average Bonchev–Trinajstić information content (AvgIpc) is 2.60. The molecule has 11 atom stereocenters. The van der Waals surface area contributed by atoms with Crippen molar-refractivity contribution >= 4 is 11.9 Å². The van der Waals surface area contributed by atoms with Crippen molar-refractivity contribution in [1.82, 2.24) is 0 Å². The Morgan fingerprint density at radius 2 is 1.47 bits per heavy atom. The van der Waals surface area contributed by atoms with Crippen molar-refractivity contribution < 1.29 is 34.4 Å². The molecular formula is C27H40O7. The minimum atomic E-state index is -1.13. The fourth-order valence-corrected chi connectivity index (χ4v) is 9.63. The van der Waals surface area contributed by atoms with Crippen molar-refractivity contribution in [3.63, 3.8) is 0 Å². The largest absolute Gasteiger partial charge is 0.458 e. The van der Waals surface area contributed by atoms with Crippen molar-refractivity contribution in [3.05, 3.63) is 0 Å². The molecule has 6 saturated carbocycles. The van der Waals surface area contributed by atoms with Gasteiger partial charge in [0.15, 0.2) is 0 Å². The molecule has 6 aliphatic rings. The molecule has 7 heteroatoms. The molecule has 0 radical (unpaired) electrons. The minimum absolute atomic E-state index is 0.131. The lowest BCUT2D eigenvalue weighted by molar-refractivity contribution is -0.348. The first-order chi connectivity index (χ1) is 15.5. The summed E-state index contributed by atoms with van der Waals surface area (Å²) in [5.74, 6) is -0.0802. The van der Waals surface area contributed by atoms with Crippen LogP contribution in [0.1, 0.15) is 86.0 Å². The standard InChI is InChI=1S/C27H40O7/c1-14(20(28)33-26-9-16-6-15(18(16)26)7-23(4,30)12-26)22(2,3)21(29)34-27-10-17-8-25(32,19(17)27)11-24(5,31)13-27/h14-19,30-32H,6-13H2,1-5H3. The van der Waals surface area contributed by atoms with Crippen molar-refractivity contribution in [1.29, 1.82) is 0 Å². The summed E-state index contributed by atoms with van der Waals surface area (Å²) in [6.07, 6.45) is 5.05. The SMILES string of the molecule is CC(C(=O)OC12CC3CC(CC(C)(O)C1)C32)C(C)(C)C(=O)OC12CC3CC(O)(CC(C)(O)C1)C32. The molecule has 3 N–H and O–H groups in total. The van der Waals surface area contributed by atoms with Gasteiger partial charge in [-0.05, 0) is 77.6 Å². The molecule has 6 aliphatic carbocycles. The maximum absolute atomic E-state index is 13.5. The summed E-state index contributed by atoms with van der Waals surface area (Å²) in [6, 6.07) is 0. The van der Waals surface area contributed by atoms with Gasteiger partial charge in [0.05, 0.1) is 28.1 Å². The molecule has 6 fully saturated rings. The summed E-state index contributed by atoms with van der Waals surface area (Å²) in [6.45, 7) is 8.68. The zero-order valence-corrected chi connectivity index (χ0v) is 21.1. The van der Waals surface area contributed by atoms with E-state index in [-0.39, 0.29) is 5.92 Å². The average molecular weight is 477 g/mol. The second-order valence-corrected chi connectivity index (χ2v) is 14.3. The maximum atomic E-state index is 13.5. The van der Waals surface area contributed by atoms with Crippen LogP contribution in [0.4, 0.5) is 0 Å². The highest BCUT2D eigenvalue weighted by molar-refractivity contribution is 5.85. The van der Waals surface area contributed by atoms with Crippen molar-refractivity contribution in [2.45, 2.75) is 114 Å². The Hall–Kier alpha value is -1.18. The summed E-state index contributed by atoms with van der Waals surface area (Å²) in [4.78, 5) is 26.8. The Bertz CT molecular complexity index is 955. The molecule has 0 bridgehead atoms. The lowest BCUT2D eigenvalue weighted by atomic mass is 9.37. The molecule has 0 heterocycles. The van der Waals surface area contributed by atoms with Gasteiger partial charge in [-0.2, -0.15) is 0 Å². The molecule has 0 aromatic rings. The van der Waals surface area contributed by atoms with Gasteiger partial charge < -0.3 is 24.8 Å². The van der Waals surface area contributed by atoms with Gasteiger partial charge in [-0.1, -0.05) is 6.92 Å². The van der Waals surface area contributed by atoms with Gasteiger partial charge >= 0.3 is 11.9 Å². The summed E-state index contributed by atoms with van der Waals surface area (Å²) >= 11 is 0. The van der Waals surface area contributed by atoms with Gasteiger partial charge in [0.25, 0.3) is 0 Å². The van der Waals surface area contributed by atoms with Crippen LogP contribution in [-0.4, -0.2) is 55.3 Å². The monoisotopic (exact) mass is 476 g/mol. The molecule has 0 aliphatic heterocycles. The summed E-state index contributed by atoms with van der Waals surface area (Å²) in [5, 5.41) is 32.6. The number of aliphatic hydroxyl groups is 3. The molecule has 0 aromatic carbocycles. The highest BCUT2D eigenvalue weighted by Crippen LogP contribution is 2.71. The number of carbonyl (C=O) groups is 2. The molecule has 6 rings (SSSR count). The number of hydrogen-bond donors (Lipinski definition) is 3. The lowest BCUT2D eigenvalue weighted by Crippen LogP contribution is -2.79. The first-order valence-corrected chi connectivity index (χ1v) is 13.2. The Labute approximate surface area is 201 Å². The van der Waals surface area contributed by atoms with Crippen LogP contribution in [0, 0.1) is 40.9 Å². The maximum Gasteiger partial charge on any atom is 0.312 e. The van der Waals surface area contributed by atoms with E-state index in [1.807, 2.05) is 6.92 Å². The summed E-state index contributed by atoms with van der Waals surface area (Å²) in [5.41, 5.74) is -5.50. The van der Waals surface area contributed by atoms with Gasteiger partial charge in [0.1, 0.15) is 11.2 Å². The summed E-state index contributed by atoms with van der Waals surface area (Å²) < 4.78 is 12.3. The predicted octanol–water partition coefficient (Wildman–Crippen LogP) is 2.73. The number of hydrogen-bond acceptors (Lipinski definition) is 7. The Kier molecular flexibility index (Phi) is 4.36. The van der Waals surface area contributed by atoms with Gasteiger partial charge in [0.2, 0.25) is 0 Å². The fraction of sp³-hybridized carbons (Fsp3) is 0.926. The number of rotatable bonds is 5. The Balaban J connectivity index is 1.16. The molecule has 0 aromatic heterocycles. The van der Waals surface area contributed by atoms with E-state index in [1.54, 1.807) is 27.7 Å². The highest BCUT2D eigenvalue weighted by Gasteiger charge is 2.77. The third-order valence-corrected chi connectivity index (χ3v) is 11.0. The molecule has 0 saturated heterocycles. The fourth-order valence-electron chi connectivity index (χ4n) is 9.63. The second-order valence-electron chi connectivity index (χ2n) is 14.3. The van der Waals surface area contributed by atoms with Crippen LogP contribution in [0.3, 0.4) is 0 Å². The van der Waals surface area contributed by atoms with E-state index in [9.17, 15) is 24.9 Å². The summed E-state index contributed by atoms with van der Waals surface area (Å²) in [7, 11) is 0. The van der Waals surface area contributed by atoms with E-state index >= 15 is 0 Å². The third-order valence-electron chi connectivity index (χ3n) is 11.0. The van der Waals surface area contributed by atoms with E-state index in [0.717, 1.165) is 19.3 Å². The van der Waals surface area contributed by atoms with E-state index in [4.69, 9.17) is 9.47 Å². The number of ether oxygens (including phenoxy) is 2. The second kappa shape index (κ2) is 6.38. The van der Waals surface area contributed by atoms with E-state index in [2.05, 4.69) is 0 Å². The zero-order valence-electron chi connectivity index (χ0n) is 21.1. The molecule has 7 nitrogen and oxygen atoms in total. The normalized spacial score (nSPS) is 55.1. The van der Waals surface area contributed by atoms with Crippen LogP contribution in [0.15, 0.2) is 0 Å². The molecule has 34 heavy (non-hydrogen) atoms.